The van der Waals surface area contributed by atoms with Crippen LogP contribution in [0.25, 0.3) is 0 Å². The maximum Gasteiger partial charge on any atom is 0.254 e. The first-order valence-corrected chi connectivity index (χ1v) is 10.3. The van der Waals surface area contributed by atoms with Gasteiger partial charge in [0.2, 0.25) is 5.91 Å². The highest BCUT2D eigenvalue weighted by Crippen LogP contribution is 2.46. The van der Waals surface area contributed by atoms with Gasteiger partial charge in [-0.1, -0.05) is 6.07 Å². The van der Waals surface area contributed by atoms with Crippen LogP contribution in [0.5, 0.6) is 11.5 Å². The van der Waals surface area contributed by atoms with Crippen molar-refractivity contribution in [1.82, 2.24) is 14.8 Å². The molecule has 2 amide bonds. The fourth-order valence-corrected chi connectivity index (χ4v) is 4.59. The van der Waals surface area contributed by atoms with Gasteiger partial charge in [-0.25, -0.2) is 0 Å². The van der Waals surface area contributed by atoms with Gasteiger partial charge in [0, 0.05) is 38.1 Å². The molecular formula is C23H27N3O4. The quantitative estimate of drug-likeness (QED) is 0.776. The maximum atomic E-state index is 13.8. The molecule has 2 aliphatic rings. The van der Waals surface area contributed by atoms with Crippen LogP contribution in [0.4, 0.5) is 0 Å². The fourth-order valence-electron chi connectivity index (χ4n) is 4.59. The van der Waals surface area contributed by atoms with Crippen LogP contribution in [0, 0.1) is 0 Å². The zero-order valence-electron chi connectivity index (χ0n) is 17.6. The number of carbonyl (C=O) groups excluding carboxylic acids is 2. The van der Waals surface area contributed by atoms with Gasteiger partial charge in [0.15, 0.2) is 11.5 Å². The Morgan fingerprint density at radius 2 is 1.80 bits per heavy atom. The van der Waals surface area contributed by atoms with Crippen molar-refractivity contribution >= 4 is 11.8 Å². The second-order valence-corrected chi connectivity index (χ2v) is 7.81. The van der Waals surface area contributed by atoms with Gasteiger partial charge in [0.25, 0.3) is 5.91 Å². The van der Waals surface area contributed by atoms with Gasteiger partial charge in [-0.3, -0.25) is 14.6 Å². The zero-order chi connectivity index (χ0) is 21.3. The largest absolute Gasteiger partial charge is 0.493 e. The van der Waals surface area contributed by atoms with Gasteiger partial charge in [-0.15, -0.1) is 0 Å². The van der Waals surface area contributed by atoms with Crippen molar-refractivity contribution in [2.45, 2.75) is 31.2 Å². The van der Waals surface area contributed by atoms with Crippen LogP contribution in [-0.2, 0) is 4.79 Å². The fraction of sp³-hybridized carbons (Fsp3) is 0.435. The Kier molecular flexibility index (Phi) is 5.61. The summed E-state index contributed by atoms with van der Waals surface area (Å²) in [7, 11) is 4.84. The summed E-state index contributed by atoms with van der Waals surface area (Å²) >= 11 is 0. The highest BCUT2D eigenvalue weighted by atomic mass is 16.5. The third-order valence-electron chi connectivity index (χ3n) is 6.13. The molecule has 7 nitrogen and oxygen atoms in total. The van der Waals surface area contributed by atoms with Crippen LogP contribution in [0.1, 0.15) is 52.7 Å². The monoisotopic (exact) mass is 409 g/mol. The number of hydrogen-bond acceptors (Lipinski definition) is 5. The Morgan fingerprint density at radius 3 is 2.43 bits per heavy atom. The zero-order valence-corrected chi connectivity index (χ0v) is 17.6. The number of benzene rings is 1. The number of rotatable bonds is 4. The number of aromatic nitrogens is 1. The van der Waals surface area contributed by atoms with E-state index in [1.165, 1.54) is 7.11 Å². The van der Waals surface area contributed by atoms with E-state index in [-0.39, 0.29) is 11.8 Å². The minimum absolute atomic E-state index is 0.0383. The lowest BCUT2D eigenvalue weighted by Gasteiger charge is -2.42. The summed E-state index contributed by atoms with van der Waals surface area (Å²) in [6.07, 6.45) is 6.57. The third-order valence-corrected chi connectivity index (χ3v) is 6.13. The topological polar surface area (TPSA) is 72.0 Å². The van der Waals surface area contributed by atoms with E-state index in [2.05, 4.69) is 4.98 Å². The molecule has 2 aromatic rings. The number of ether oxygens (including phenoxy) is 2. The molecule has 30 heavy (non-hydrogen) atoms. The van der Waals surface area contributed by atoms with E-state index in [9.17, 15) is 9.59 Å². The molecule has 0 spiro atoms. The average Bonchev–Trinajstić information content (AvgIpc) is 2.81. The Balaban J connectivity index is 1.89. The first-order valence-electron chi connectivity index (χ1n) is 10.3. The summed E-state index contributed by atoms with van der Waals surface area (Å²) in [6.45, 7) is 1.49. The SMILES string of the molecule is COc1cc2c(cc1OC)C(C(=O)N1CCCCC1)C(c1cccnc1)N(C)C2=O. The number of hydrogen-bond donors (Lipinski definition) is 0. The molecule has 158 valence electrons. The number of nitrogens with zero attached hydrogens (tertiary/aromatic N) is 3. The Morgan fingerprint density at radius 1 is 1.10 bits per heavy atom. The average molecular weight is 409 g/mol. The molecule has 0 radical (unpaired) electrons. The van der Waals surface area contributed by atoms with Crippen LogP contribution in [0.3, 0.4) is 0 Å². The van der Waals surface area contributed by atoms with E-state index in [1.54, 1.807) is 43.6 Å². The molecule has 3 heterocycles. The molecule has 1 aromatic heterocycles. The molecule has 7 heteroatoms. The van der Waals surface area contributed by atoms with Crippen LogP contribution >= 0.6 is 0 Å². The second kappa shape index (κ2) is 8.34. The minimum atomic E-state index is -0.537. The smallest absolute Gasteiger partial charge is 0.254 e. The molecule has 2 aliphatic heterocycles. The lowest BCUT2D eigenvalue weighted by molar-refractivity contribution is -0.135. The molecule has 0 saturated carbocycles. The molecule has 2 atom stereocenters. The minimum Gasteiger partial charge on any atom is -0.493 e. The van der Waals surface area contributed by atoms with E-state index >= 15 is 0 Å². The normalized spacial score (nSPS) is 21.2. The molecule has 1 aromatic carbocycles. The first kappa shape index (κ1) is 20.2. The molecule has 1 fully saturated rings. The van der Waals surface area contributed by atoms with E-state index < -0.39 is 12.0 Å². The van der Waals surface area contributed by atoms with E-state index in [0.29, 0.717) is 22.6 Å². The van der Waals surface area contributed by atoms with Crippen LogP contribution < -0.4 is 9.47 Å². The number of pyridine rings is 1. The molecule has 4 rings (SSSR count). The molecular weight excluding hydrogens is 382 g/mol. The molecule has 0 bridgehead atoms. The summed E-state index contributed by atoms with van der Waals surface area (Å²) in [5, 5.41) is 0. The van der Waals surface area contributed by atoms with Crippen LogP contribution in [0.15, 0.2) is 36.7 Å². The first-order chi connectivity index (χ1) is 14.6. The van der Waals surface area contributed by atoms with E-state index in [4.69, 9.17) is 9.47 Å². The van der Waals surface area contributed by atoms with Gasteiger partial charge in [-0.05, 0) is 48.6 Å². The van der Waals surface area contributed by atoms with Crippen molar-refractivity contribution in [3.63, 3.8) is 0 Å². The molecule has 0 N–H and O–H groups in total. The van der Waals surface area contributed by atoms with Crippen molar-refractivity contribution in [2.24, 2.45) is 0 Å². The Bertz CT molecular complexity index is 941. The van der Waals surface area contributed by atoms with E-state index in [0.717, 1.165) is 37.9 Å². The lowest BCUT2D eigenvalue weighted by atomic mass is 9.79. The number of piperidine rings is 1. The number of carbonyl (C=O) groups is 2. The summed E-state index contributed by atoms with van der Waals surface area (Å²) in [5.41, 5.74) is 2.00. The van der Waals surface area contributed by atoms with Crippen LogP contribution in [0.2, 0.25) is 0 Å². The summed E-state index contributed by atoms with van der Waals surface area (Å²) < 4.78 is 10.9. The summed E-state index contributed by atoms with van der Waals surface area (Å²) in [4.78, 5) is 34.9. The van der Waals surface area contributed by atoms with Gasteiger partial charge in [0.05, 0.1) is 26.2 Å². The number of fused-ring (bicyclic) bond motifs is 1. The number of methoxy groups -OCH3 is 2. The van der Waals surface area contributed by atoms with Crippen molar-refractivity contribution < 1.29 is 19.1 Å². The van der Waals surface area contributed by atoms with Crippen molar-refractivity contribution in [1.29, 1.82) is 0 Å². The van der Waals surface area contributed by atoms with Crippen LogP contribution in [-0.4, -0.2) is 61.0 Å². The predicted octanol–water partition coefficient (Wildman–Crippen LogP) is 3.02. The van der Waals surface area contributed by atoms with Gasteiger partial charge >= 0.3 is 0 Å². The second-order valence-electron chi connectivity index (χ2n) is 7.81. The number of likely N-dealkylation sites (tertiary alicyclic amines) is 1. The van der Waals surface area contributed by atoms with Gasteiger partial charge < -0.3 is 19.3 Å². The number of likely N-dealkylation sites (N-methyl/N-ethyl adjacent to an activating group) is 1. The van der Waals surface area contributed by atoms with Gasteiger partial charge in [-0.2, -0.15) is 0 Å². The standard InChI is InChI=1S/C23H27N3O4/c1-25-21(15-8-7-9-24-14-15)20(23(28)26-10-5-4-6-11-26)16-12-18(29-2)19(30-3)13-17(16)22(25)27/h7-9,12-14,20-21H,4-6,10-11H2,1-3H3. The summed E-state index contributed by atoms with van der Waals surface area (Å²) in [5.74, 6) is 0.334. The Labute approximate surface area is 176 Å². The molecule has 2 unspecified atom stereocenters. The van der Waals surface area contributed by atoms with Crippen molar-refractivity contribution in [3.05, 3.63) is 53.3 Å². The highest BCUT2D eigenvalue weighted by molar-refractivity contribution is 6.02. The van der Waals surface area contributed by atoms with E-state index in [1.807, 2.05) is 17.0 Å². The van der Waals surface area contributed by atoms with Crippen molar-refractivity contribution in [2.75, 3.05) is 34.4 Å². The molecule has 1 saturated heterocycles. The van der Waals surface area contributed by atoms with Crippen molar-refractivity contribution in [3.8, 4) is 11.5 Å². The third kappa shape index (κ3) is 3.38. The highest BCUT2D eigenvalue weighted by Gasteiger charge is 2.45. The Hall–Kier alpha value is -3.09. The lowest BCUT2D eigenvalue weighted by Crippen LogP contribution is -2.48. The maximum absolute atomic E-state index is 13.8. The summed E-state index contributed by atoms with van der Waals surface area (Å²) in [6, 6.07) is 6.79. The number of amides is 2. The molecule has 0 aliphatic carbocycles. The predicted molar refractivity (Wildman–Crippen MR) is 112 cm³/mol. The van der Waals surface area contributed by atoms with Gasteiger partial charge in [0.1, 0.15) is 0 Å².